The monoisotopic (exact) mass is 167 g/mol. The first kappa shape index (κ1) is 8.55. The number of carboxylic acids is 1. The molecule has 1 rings (SSSR count). The molecule has 0 aliphatic rings. The van der Waals surface area contributed by atoms with Crippen LogP contribution >= 0.6 is 0 Å². The molecule has 0 saturated carbocycles. The molecule has 4 N–H and O–H groups in total. The van der Waals surface area contributed by atoms with Gasteiger partial charge in [0, 0.05) is 11.3 Å². The number of aliphatic hydroxyl groups excluding tert-OH is 1. The lowest BCUT2D eigenvalue weighted by molar-refractivity contribution is -0.146. The van der Waals surface area contributed by atoms with Crippen molar-refractivity contribution in [3.8, 4) is 0 Å². The minimum atomic E-state index is -1.54. The molecule has 12 heavy (non-hydrogen) atoms. The van der Waals surface area contributed by atoms with Gasteiger partial charge in [-0.05, 0) is 6.07 Å². The van der Waals surface area contributed by atoms with E-state index < -0.39 is 12.1 Å². The Hall–Kier alpha value is -1.55. The zero-order valence-corrected chi connectivity index (χ0v) is 6.27. The second-order valence-corrected chi connectivity index (χ2v) is 2.37. The average molecular weight is 167 g/mol. The number of rotatable bonds is 2. The number of hydrogen-bond acceptors (Lipinski definition) is 3. The van der Waals surface area contributed by atoms with Gasteiger partial charge in [-0.25, -0.2) is 4.79 Å². The molecule has 0 aliphatic carbocycles. The lowest BCUT2D eigenvalue weighted by atomic mass is 10.1. The van der Waals surface area contributed by atoms with Crippen molar-refractivity contribution in [2.75, 3.05) is 5.73 Å². The molecule has 0 aromatic heterocycles. The van der Waals surface area contributed by atoms with Gasteiger partial charge in [0.05, 0.1) is 0 Å². The van der Waals surface area contributed by atoms with Gasteiger partial charge in [0.15, 0.2) is 6.10 Å². The van der Waals surface area contributed by atoms with Crippen LogP contribution in [0, 0.1) is 0 Å². The molecule has 4 nitrogen and oxygen atoms in total. The van der Waals surface area contributed by atoms with Gasteiger partial charge in [-0.1, -0.05) is 18.2 Å². The van der Waals surface area contributed by atoms with E-state index in [1.807, 2.05) is 0 Å². The highest BCUT2D eigenvalue weighted by Gasteiger charge is 2.17. The molecule has 1 aromatic carbocycles. The smallest absolute Gasteiger partial charge is 0.337 e. The molecule has 0 spiro atoms. The SMILES string of the molecule is Nc1ccccc1C(O)C(=O)O. The first-order chi connectivity index (χ1) is 5.63. The molecule has 1 aromatic rings. The predicted octanol–water partition coefficient (Wildman–Crippen LogP) is 0.387. The van der Waals surface area contributed by atoms with E-state index >= 15 is 0 Å². The Labute approximate surface area is 69.3 Å². The highest BCUT2D eigenvalue weighted by atomic mass is 16.4. The minimum absolute atomic E-state index is 0.227. The lowest BCUT2D eigenvalue weighted by Gasteiger charge is -2.07. The first-order valence-electron chi connectivity index (χ1n) is 3.38. The summed E-state index contributed by atoms with van der Waals surface area (Å²) in [5, 5.41) is 17.6. The zero-order valence-electron chi connectivity index (χ0n) is 6.27. The molecule has 0 amide bonds. The van der Waals surface area contributed by atoms with Gasteiger partial charge >= 0.3 is 5.97 Å². The van der Waals surface area contributed by atoms with E-state index in [2.05, 4.69) is 0 Å². The number of nitrogen functional groups attached to an aromatic ring is 1. The van der Waals surface area contributed by atoms with Crippen LogP contribution in [0.25, 0.3) is 0 Å². The molecular formula is C8H9NO3. The van der Waals surface area contributed by atoms with E-state index in [4.69, 9.17) is 15.9 Å². The van der Waals surface area contributed by atoms with Crippen molar-refractivity contribution >= 4 is 11.7 Å². The Kier molecular flexibility index (Phi) is 2.30. The van der Waals surface area contributed by atoms with Gasteiger partial charge in [-0.3, -0.25) is 0 Å². The van der Waals surface area contributed by atoms with Crippen LogP contribution in [0.1, 0.15) is 11.7 Å². The number of aliphatic carboxylic acids is 1. The maximum atomic E-state index is 10.3. The quantitative estimate of drug-likeness (QED) is 0.556. The maximum Gasteiger partial charge on any atom is 0.337 e. The Morgan fingerprint density at radius 3 is 2.50 bits per heavy atom. The van der Waals surface area contributed by atoms with Crippen molar-refractivity contribution in [3.63, 3.8) is 0 Å². The number of anilines is 1. The van der Waals surface area contributed by atoms with Crippen molar-refractivity contribution in [1.82, 2.24) is 0 Å². The third-order valence-corrected chi connectivity index (χ3v) is 1.52. The number of aliphatic hydroxyl groups is 1. The Bertz CT molecular complexity index is 298. The largest absolute Gasteiger partial charge is 0.479 e. The Balaban J connectivity index is 3.02. The van der Waals surface area contributed by atoms with Crippen LogP contribution in [0.15, 0.2) is 24.3 Å². The number of hydrogen-bond donors (Lipinski definition) is 3. The van der Waals surface area contributed by atoms with Gasteiger partial charge in [-0.2, -0.15) is 0 Å². The van der Waals surface area contributed by atoms with E-state index in [0.717, 1.165) is 0 Å². The fraction of sp³-hybridized carbons (Fsp3) is 0.125. The summed E-state index contributed by atoms with van der Waals surface area (Å²) in [7, 11) is 0. The summed E-state index contributed by atoms with van der Waals surface area (Å²) in [4.78, 5) is 10.3. The molecule has 0 radical (unpaired) electrons. The topological polar surface area (TPSA) is 83.5 Å². The normalized spacial score (nSPS) is 12.4. The molecule has 4 heteroatoms. The van der Waals surface area contributed by atoms with Gasteiger partial charge in [0.1, 0.15) is 0 Å². The van der Waals surface area contributed by atoms with Crippen LogP contribution in [0.2, 0.25) is 0 Å². The molecule has 1 unspecified atom stereocenters. The number of para-hydroxylation sites is 1. The van der Waals surface area contributed by atoms with Crippen molar-refractivity contribution < 1.29 is 15.0 Å². The summed E-state index contributed by atoms with van der Waals surface area (Å²) in [6.45, 7) is 0. The highest BCUT2D eigenvalue weighted by Crippen LogP contribution is 2.19. The molecule has 0 bridgehead atoms. The van der Waals surface area contributed by atoms with Crippen LogP contribution in [0.5, 0.6) is 0 Å². The molecule has 0 saturated heterocycles. The number of nitrogens with two attached hydrogens (primary N) is 1. The summed E-state index contributed by atoms with van der Waals surface area (Å²) in [5.41, 5.74) is 5.95. The number of carbonyl (C=O) groups is 1. The predicted molar refractivity (Wildman–Crippen MR) is 43.5 cm³/mol. The van der Waals surface area contributed by atoms with Crippen LogP contribution in [0.4, 0.5) is 5.69 Å². The molecular weight excluding hydrogens is 158 g/mol. The summed E-state index contributed by atoms with van der Waals surface area (Å²) in [5.74, 6) is -1.30. The third-order valence-electron chi connectivity index (χ3n) is 1.52. The highest BCUT2D eigenvalue weighted by molar-refractivity contribution is 5.76. The lowest BCUT2D eigenvalue weighted by Crippen LogP contribution is -2.12. The van der Waals surface area contributed by atoms with E-state index in [1.165, 1.54) is 6.07 Å². The second kappa shape index (κ2) is 3.23. The fourth-order valence-electron chi connectivity index (χ4n) is 0.893. The van der Waals surface area contributed by atoms with E-state index in [1.54, 1.807) is 18.2 Å². The minimum Gasteiger partial charge on any atom is -0.479 e. The fourth-order valence-corrected chi connectivity index (χ4v) is 0.893. The van der Waals surface area contributed by atoms with Gasteiger partial charge in [0.25, 0.3) is 0 Å². The van der Waals surface area contributed by atoms with Gasteiger partial charge in [0.2, 0.25) is 0 Å². The van der Waals surface area contributed by atoms with Gasteiger partial charge in [-0.15, -0.1) is 0 Å². The third kappa shape index (κ3) is 1.54. The van der Waals surface area contributed by atoms with Crippen LogP contribution < -0.4 is 5.73 Å². The average Bonchev–Trinajstić information content (AvgIpc) is 2.04. The summed E-state index contributed by atoms with van der Waals surface area (Å²) in [6, 6.07) is 6.32. The van der Waals surface area contributed by atoms with Crippen LogP contribution in [-0.4, -0.2) is 16.2 Å². The number of benzene rings is 1. The zero-order chi connectivity index (χ0) is 9.14. The maximum absolute atomic E-state index is 10.3. The molecule has 0 fully saturated rings. The van der Waals surface area contributed by atoms with Crippen molar-refractivity contribution in [3.05, 3.63) is 29.8 Å². The molecule has 0 aliphatic heterocycles. The van der Waals surface area contributed by atoms with Crippen molar-refractivity contribution in [1.29, 1.82) is 0 Å². The standard InChI is InChI=1S/C8H9NO3/c9-6-4-2-1-3-5(6)7(10)8(11)12/h1-4,7,10H,9H2,(H,11,12). The molecule has 0 heterocycles. The summed E-state index contributed by atoms with van der Waals surface area (Å²) in [6.07, 6.45) is -1.54. The Morgan fingerprint density at radius 1 is 1.42 bits per heavy atom. The second-order valence-electron chi connectivity index (χ2n) is 2.37. The summed E-state index contributed by atoms with van der Waals surface area (Å²) < 4.78 is 0. The summed E-state index contributed by atoms with van der Waals surface area (Å²) >= 11 is 0. The van der Waals surface area contributed by atoms with E-state index in [-0.39, 0.29) is 11.3 Å². The van der Waals surface area contributed by atoms with Crippen LogP contribution in [-0.2, 0) is 4.79 Å². The van der Waals surface area contributed by atoms with Crippen molar-refractivity contribution in [2.24, 2.45) is 0 Å². The van der Waals surface area contributed by atoms with Crippen molar-refractivity contribution in [2.45, 2.75) is 6.10 Å². The van der Waals surface area contributed by atoms with Crippen LogP contribution in [0.3, 0.4) is 0 Å². The van der Waals surface area contributed by atoms with E-state index in [9.17, 15) is 4.79 Å². The van der Waals surface area contributed by atoms with Gasteiger partial charge < -0.3 is 15.9 Å². The molecule has 1 atom stereocenters. The molecule has 64 valence electrons. The number of carboxylic acid groups (broad SMARTS) is 1. The Morgan fingerprint density at radius 2 is 2.00 bits per heavy atom. The first-order valence-corrected chi connectivity index (χ1v) is 3.38. The van der Waals surface area contributed by atoms with E-state index in [0.29, 0.717) is 0 Å².